The molecule has 30 heavy (non-hydrogen) atoms. The molecule has 1 atom stereocenters. The van der Waals surface area contributed by atoms with Gasteiger partial charge >= 0.3 is 0 Å². The molecule has 0 saturated carbocycles. The standard InChI is InChI=1S/C24H30N2O4/c1-29-22-7-6-18-15-20(5-4-19(18)16-22)24(28)21-3-2-9-26(17-21)23(27)8-10-25-11-13-30-14-12-25/h4-7,15-16,21H,2-3,8-14,17H2,1H3. The van der Waals surface area contributed by atoms with Crippen molar-refractivity contribution in [2.75, 3.05) is 53.0 Å². The number of Topliss-reactive ketones (excluding diaryl/α,β-unsaturated/α-hetero) is 1. The number of rotatable bonds is 6. The minimum Gasteiger partial charge on any atom is -0.497 e. The Morgan fingerprint density at radius 1 is 1.07 bits per heavy atom. The van der Waals surface area contributed by atoms with Gasteiger partial charge in [-0.15, -0.1) is 0 Å². The van der Waals surface area contributed by atoms with Gasteiger partial charge < -0.3 is 14.4 Å². The first-order chi connectivity index (χ1) is 14.6. The third-order valence-corrected chi connectivity index (χ3v) is 6.22. The summed E-state index contributed by atoms with van der Waals surface area (Å²) in [6.45, 7) is 5.32. The van der Waals surface area contributed by atoms with Gasteiger partial charge in [0, 0.05) is 50.6 Å². The summed E-state index contributed by atoms with van der Waals surface area (Å²) >= 11 is 0. The third-order valence-electron chi connectivity index (χ3n) is 6.22. The summed E-state index contributed by atoms with van der Waals surface area (Å²) < 4.78 is 10.6. The lowest BCUT2D eigenvalue weighted by Gasteiger charge is -2.33. The van der Waals surface area contributed by atoms with E-state index in [1.165, 1.54) is 0 Å². The zero-order valence-electron chi connectivity index (χ0n) is 17.6. The highest BCUT2D eigenvalue weighted by Crippen LogP contribution is 2.26. The van der Waals surface area contributed by atoms with Gasteiger partial charge in [0.25, 0.3) is 0 Å². The molecule has 0 spiro atoms. The molecular formula is C24H30N2O4. The summed E-state index contributed by atoms with van der Waals surface area (Å²) in [7, 11) is 1.65. The van der Waals surface area contributed by atoms with Crippen molar-refractivity contribution >= 4 is 22.5 Å². The summed E-state index contributed by atoms with van der Waals surface area (Å²) in [5.41, 5.74) is 0.722. The van der Waals surface area contributed by atoms with Crippen molar-refractivity contribution < 1.29 is 19.1 Å². The average molecular weight is 411 g/mol. The van der Waals surface area contributed by atoms with Crippen LogP contribution in [0, 0.1) is 5.92 Å². The van der Waals surface area contributed by atoms with Crippen LogP contribution in [0.3, 0.4) is 0 Å². The average Bonchev–Trinajstić information content (AvgIpc) is 2.82. The fourth-order valence-electron chi connectivity index (χ4n) is 4.39. The minimum atomic E-state index is -0.123. The van der Waals surface area contributed by atoms with Gasteiger partial charge in [0.15, 0.2) is 5.78 Å². The van der Waals surface area contributed by atoms with Crippen LogP contribution >= 0.6 is 0 Å². The molecule has 2 aromatic rings. The van der Waals surface area contributed by atoms with E-state index in [0.717, 1.165) is 74.3 Å². The van der Waals surface area contributed by atoms with E-state index in [2.05, 4.69) is 4.90 Å². The number of carbonyl (C=O) groups is 2. The van der Waals surface area contributed by atoms with Gasteiger partial charge in [-0.1, -0.05) is 18.2 Å². The largest absolute Gasteiger partial charge is 0.497 e. The maximum atomic E-state index is 13.2. The van der Waals surface area contributed by atoms with Gasteiger partial charge in [-0.05, 0) is 41.8 Å². The van der Waals surface area contributed by atoms with Gasteiger partial charge in [-0.2, -0.15) is 0 Å². The number of amides is 1. The fourth-order valence-corrected chi connectivity index (χ4v) is 4.39. The molecule has 0 aliphatic carbocycles. The van der Waals surface area contributed by atoms with Crippen molar-refractivity contribution in [3.8, 4) is 5.75 Å². The van der Waals surface area contributed by atoms with Gasteiger partial charge in [0.2, 0.25) is 5.91 Å². The fraction of sp³-hybridized carbons (Fsp3) is 0.500. The molecule has 0 radical (unpaired) electrons. The van der Waals surface area contributed by atoms with Gasteiger partial charge in [0.05, 0.1) is 20.3 Å². The minimum absolute atomic E-state index is 0.123. The summed E-state index contributed by atoms with van der Waals surface area (Å²) in [6.07, 6.45) is 2.23. The van der Waals surface area contributed by atoms with Crippen molar-refractivity contribution in [1.82, 2.24) is 9.80 Å². The van der Waals surface area contributed by atoms with Crippen LogP contribution in [-0.2, 0) is 9.53 Å². The Morgan fingerprint density at radius 2 is 1.83 bits per heavy atom. The summed E-state index contributed by atoms with van der Waals surface area (Å²) in [4.78, 5) is 30.0. The van der Waals surface area contributed by atoms with E-state index in [0.29, 0.717) is 13.0 Å². The van der Waals surface area contributed by atoms with E-state index in [1.807, 2.05) is 41.3 Å². The van der Waals surface area contributed by atoms with Crippen molar-refractivity contribution in [3.63, 3.8) is 0 Å². The summed E-state index contributed by atoms with van der Waals surface area (Å²) in [6, 6.07) is 11.7. The monoisotopic (exact) mass is 410 g/mol. The molecule has 2 aliphatic heterocycles. The number of ether oxygens (including phenoxy) is 2. The topological polar surface area (TPSA) is 59.1 Å². The number of fused-ring (bicyclic) bond motifs is 1. The van der Waals surface area contributed by atoms with Gasteiger partial charge in [-0.3, -0.25) is 14.5 Å². The van der Waals surface area contributed by atoms with Crippen molar-refractivity contribution in [1.29, 1.82) is 0 Å². The normalized spacial score (nSPS) is 20.3. The molecule has 6 heteroatoms. The Labute approximate surface area is 177 Å². The van der Waals surface area contributed by atoms with Crippen LogP contribution in [0.4, 0.5) is 0 Å². The van der Waals surface area contributed by atoms with Gasteiger partial charge in [-0.25, -0.2) is 0 Å². The number of piperidine rings is 1. The van der Waals surface area contributed by atoms with E-state index in [9.17, 15) is 9.59 Å². The van der Waals surface area contributed by atoms with E-state index in [-0.39, 0.29) is 17.6 Å². The summed E-state index contributed by atoms with van der Waals surface area (Å²) in [5, 5.41) is 2.07. The molecule has 2 aliphatic rings. The van der Waals surface area contributed by atoms with Gasteiger partial charge in [0.1, 0.15) is 5.75 Å². The quantitative estimate of drug-likeness (QED) is 0.686. The van der Waals surface area contributed by atoms with Crippen LogP contribution in [0.5, 0.6) is 5.75 Å². The van der Waals surface area contributed by atoms with Crippen LogP contribution < -0.4 is 4.74 Å². The van der Waals surface area contributed by atoms with Crippen LogP contribution in [0.2, 0.25) is 0 Å². The molecule has 1 unspecified atom stereocenters. The Morgan fingerprint density at radius 3 is 2.63 bits per heavy atom. The highest BCUT2D eigenvalue weighted by molar-refractivity contribution is 6.01. The number of nitrogens with zero attached hydrogens (tertiary/aromatic N) is 2. The Bertz CT molecular complexity index is 907. The summed E-state index contributed by atoms with van der Waals surface area (Å²) in [5.74, 6) is 0.977. The lowest BCUT2D eigenvalue weighted by atomic mass is 9.89. The zero-order valence-corrected chi connectivity index (χ0v) is 17.6. The predicted octanol–water partition coefficient (Wildman–Crippen LogP) is 2.99. The van der Waals surface area contributed by atoms with E-state index < -0.39 is 0 Å². The molecule has 1 amide bonds. The van der Waals surface area contributed by atoms with E-state index in [4.69, 9.17) is 9.47 Å². The number of ketones is 1. The van der Waals surface area contributed by atoms with Crippen LogP contribution in [0.1, 0.15) is 29.6 Å². The first-order valence-corrected chi connectivity index (χ1v) is 10.8. The maximum Gasteiger partial charge on any atom is 0.223 e. The predicted molar refractivity (Wildman–Crippen MR) is 116 cm³/mol. The number of morpholine rings is 1. The molecule has 0 bridgehead atoms. The van der Waals surface area contributed by atoms with Crippen LogP contribution in [-0.4, -0.2) is 74.5 Å². The SMILES string of the molecule is COc1ccc2cc(C(=O)C3CCCN(C(=O)CCN4CCOCC4)C3)ccc2c1. The molecule has 2 heterocycles. The number of benzene rings is 2. The lowest BCUT2D eigenvalue weighted by molar-refractivity contribution is -0.133. The molecule has 0 aromatic heterocycles. The number of hydrogen-bond donors (Lipinski definition) is 0. The highest BCUT2D eigenvalue weighted by Gasteiger charge is 2.29. The number of hydrogen-bond acceptors (Lipinski definition) is 5. The Balaban J connectivity index is 1.38. The molecular weight excluding hydrogens is 380 g/mol. The van der Waals surface area contributed by atoms with Crippen LogP contribution in [0.15, 0.2) is 36.4 Å². The maximum absolute atomic E-state index is 13.2. The second-order valence-corrected chi connectivity index (χ2v) is 8.18. The van der Waals surface area contributed by atoms with Crippen molar-refractivity contribution in [2.45, 2.75) is 19.3 Å². The second-order valence-electron chi connectivity index (χ2n) is 8.18. The van der Waals surface area contributed by atoms with E-state index >= 15 is 0 Å². The molecule has 6 nitrogen and oxygen atoms in total. The number of methoxy groups -OCH3 is 1. The Kier molecular flexibility index (Phi) is 6.65. The third kappa shape index (κ3) is 4.82. The van der Waals surface area contributed by atoms with E-state index in [1.54, 1.807) is 7.11 Å². The zero-order chi connectivity index (χ0) is 20.9. The molecule has 2 aromatic carbocycles. The molecule has 2 fully saturated rings. The molecule has 4 rings (SSSR count). The first-order valence-electron chi connectivity index (χ1n) is 10.8. The second kappa shape index (κ2) is 9.58. The lowest BCUT2D eigenvalue weighted by Crippen LogP contribution is -2.44. The number of likely N-dealkylation sites (tertiary alicyclic amines) is 1. The smallest absolute Gasteiger partial charge is 0.223 e. The first kappa shape index (κ1) is 20.8. The molecule has 160 valence electrons. The molecule has 2 saturated heterocycles. The number of carbonyl (C=O) groups excluding carboxylic acids is 2. The van der Waals surface area contributed by atoms with Crippen LogP contribution in [0.25, 0.3) is 10.8 Å². The molecule has 0 N–H and O–H groups in total. The van der Waals surface area contributed by atoms with Crippen molar-refractivity contribution in [3.05, 3.63) is 42.0 Å². The Hall–Kier alpha value is -2.44. The highest BCUT2D eigenvalue weighted by atomic mass is 16.5. The van der Waals surface area contributed by atoms with Crippen molar-refractivity contribution in [2.24, 2.45) is 5.92 Å².